The second kappa shape index (κ2) is 7.53. The summed E-state index contributed by atoms with van der Waals surface area (Å²) < 4.78 is 0. The van der Waals surface area contributed by atoms with E-state index in [1.165, 1.54) is 23.3 Å². The first-order valence-electron chi connectivity index (χ1n) is 7.00. The minimum atomic E-state index is -0.395. The Bertz CT molecular complexity index is 485. The van der Waals surface area contributed by atoms with Gasteiger partial charge in [-0.1, -0.05) is 32.4 Å². The van der Waals surface area contributed by atoms with Crippen molar-refractivity contribution >= 4 is 17.7 Å². The topological polar surface area (TPSA) is 82.2 Å². The Hall–Kier alpha value is -2.04. The normalized spacial score (nSPS) is 10.2. The van der Waals surface area contributed by atoms with E-state index in [9.17, 15) is 4.79 Å². The fourth-order valence-electron chi connectivity index (χ4n) is 2.09. The van der Waals surface area contributed by atoms with E-state index in [0.717, 1.165) is 24.1 Å². The summed E-state index contributed by atoms with van der Waals surface area (Å²) in [5, 5.41) is 9.40. The van der Waals surface area contributed by atoms with Gasteiger partial charge in [0.1, 0.15) is 0 Å². The number of nitrogens with one attached hydrogen (secondary N) is 2. The standard InChI is InChI=1S/C15H24N4O/c1-4-6-7-11-8-9-13(12(5-2)10-11)19(3)15(20)18-14(16)17/h8-10H,4-7H2,1-3H3,(H4,16,17,18,20). The van der Waals surface area contributed by atoms with Gasteiger partial charge in [0.05, 0.1) is 0 Å². The van der Waals surface area contributed by atoms with Crippen LogP contribution in [0.4, 0.5) is 10.5 Å². The number of urea groups is 1. The lowest BCUT2D eigenvalue weighted by Crippen LogP contribution is -2.44. The Balaban J connectivity index is 2.93. The Morgan fingerprint density at radius 2 is 2.10 bits per heavy atom. The largest absolute Gasteiger partial charge is 0.370 e. The highest BCUT2D eigenvalue weighted by molar-refractivity contribution is 6.02. The summed E-state index contributed by atoms with van der Waals surface area (Å²) in [6.45, 7) is 4.24. The van der Waals surface area contributed by atoms with Crippen molar-refractivity contribution in [2.24, 2.45) is 5.73 Å². The first kappa shape index (κ1) is 16.0. The lowest BCUT2D eigenvalue weighted by Gasteiger charge is -2.21. The molecule has 0 aliphatic carbocycles. The fourth-order valence-corrected chi connectivity index (χ4v) is 2.09. The molecule has 0 unspecified atom stereocenters. The highest BCUT2D eigenvalue weighted by atomic mass is 16.2. The summed E-state index contributed by atoms with van der Waals surface area (Å²) in [4.78, 5) is 13.4. The average molecular weight is 276 g/mol. The van der Waals surface area contributed by atoms with Crippen LogP contribution in [0.1, 0.15) is 37.8 Å². The van der Waals surface area contributed by atoms with Crippen molar-refractivity contribution < 1.29 is 4.79 Å². The molecule has 0 heterocycles. The highest BCUT2D eigenvalue weighted by Crippen LogP contribution is 2.22. The molecule has 20 heavy (non-hydrogen) atoms. The van der Waals surface area contributed by atoms with Gasteiger partial charge in [0.15, 0.2) is 5.96 Å². The fraction of sp³-hybridized carbons (Fsp3) is 0.467. The van der Waals surface area contributed by atoms with Crippen LogP contribution in [0.3, 0.4) is 0 Å². The molecule has 1 rings (SSSR count). The van der Waals surface area contributed by atoms with Gasteiger partial charge in [-0.25, -0.2) is 4.79 Å². The SMILES string of the molecule is CCCCc1ccc(N(C)C(=O)NC(=N)N)c(CC)c1. The molecule has 1 aromatic carbocycles. The number of carbonyl (C=O) groups is 1. The van der Waals surface area contributed by atoms with E-state index >= 15 is 0 Å². The molecule has 0 aliphatic rings. The van der Waals surface area contributed by atoms with E-state index in [2.05, 4.69) is 31.3 Å². The monoisotopic (exact) mass is 276 g/mol. The molecule has 5 nitrogen and oxygen atoms in total. The molecule has 0 saturated heterocycles. The second-order valence-corrected chi connectivity index (χ2v) is 4.82. The maximum Gasteiger partial charge on any atom is 0.328 e. The molecule has 0 spiro atoms. The van der Waals surface area contributed by atoms with Crippen LogP contribution in [0.2, 0.25) is 0 Å². The molecule has 1 aromatic rings. The van der Waals surface area contributed by atoms with Gasteiger partial charge < -0.3 is 5.73 Å². The molecule has 0 fully saturated rings. The summed E-state index contributed by atoms with van der Waals surface area (Å²) in [6.07, 6.45) is 4.26. The molecular formula is C15H24N4O. The van der Waals surface area contributed by atoms with E-state index in [-0.39, 0.29) is 5.96 Å². The van der Waals surface area contributed by atoms with Crippen LogP contribution in [0.15, 0.2) is 18.2 Å². The van der Waals surface area contributed by atoms with E-state index < -0.39 is 6.03 Å². The molecular weight excluding hydrogens is 252 g/mol. The van der Waals surface area contributed by atoms with E-state index in [0.29, 0.717) is 0 Å². The number of benzene rings is 1. The van der Waals surface area contributed by atoms with Crippen molar-refractivity contribution in [3.63, 3.8) is 0 Å². The minimum absolute atomic E-state index is 0.348. The molecule has 0 bridgehead atoms. The van der Waals surface area contributed by atoms with Crippen molar-refractivity contribution in [1.82, 2.24) is 5.32 Å². The summed E-state index contributed by atoms with van der Waals surface area (Å²) >= 11 is 0. The van der Waals surface area contributed by atoms with Crippen molar-refractivity contribution in [2.75, 3.05) is 11.9 Å². The zero-order valence-corrected chi connectivity index (χ0v) is 12.5. The molecule has 0 aliphatic heterocycles. The number of amides is 2. The summed E-state index contributed by atoms with van der Waals surface area (Å²) in [6, 6.07) is 5.78. The summed E-state index contributed by atoms with van der Waals surface area (Å²) in [5.41, 5.74) is 8.46. The molecule has 5 heteroatoms. The maximum absolute atomic E-state index is 11.9. The van der Waals surface area contributed by atoms with Crippen LogP contribution in [-0.4, -0.2) is 19.0 Å². The lowest BCUT2D eigenvalue weighted by atomic mass is 10.0. The molecule has 4 N–H and O–H groups in total. The zero-order valence-electron chi connectivity index (χ0n) is 12.5. The van der Waals surface area contributed by atoms with Gasteiger partial charge in [0.2, 0.25) is 0 Å². The second-order valence-electron chi connectivity index (χ2n) is 4.82. The predicted octanol–water partition coefficient (Wildman–Crippen LogP) is 2.63. The van der Waals surface area contributed by atoms with E-state index in [1.807, 2.05) is 6.07 Å². The number of hydrogen-bond donors (Lipinski definition) is 3. The van der Waals surface area contributed by atoms with Crippen molar-refractivity contribution in [3.8, 4) is 0 Å². The van der Waals surface area contributed by atoms with Crippen molar-refractivity contribution in [2.45, 2.75) is 39.5 Å². The van der Waals surface area contributed by atoms with Crippen LogP contribution in [0.5, 0.6) is 0 Å². The minimum Gasteiger partial charge on any atom is -0.370 e. The Labute approximate surface area is 120 Å². The number of guanidine groups is 1. The average Bonchev–Trinajstić information content (AvgIpc) is 2.43. The van der Waals surface area contributed by atoms with Gasteiger partial charge in [-0.2, -0.15) is 0 Å². The van der Waals surface area contributed by atoms with Crippen LogP contribution in [-0.2, 0) is 12.8 Å². The third-order valence-electron chi connectivity index (χ3n) is 3.25. The van der Waals surface area contributed by atoms with E-state index in [4.69, 9.17) is 11.1 Å². The van der Waals surface area contributed by atoms with Gasteiger partial charge in [-0.05, 0) is 36.5 Å². The van der Waals surface area contributed by atoms with Gasteiger partial charge in [-0.15, -0.1) is 0 Å². The smallest absolute Gasteiger partial charge is 0.328 e. The Morgan fingerprint density at radius 1 is 1.40 bits per heavy atom. The number of anilines is 1. The predicted molar refractivity (Wildman–Crippen MR) is 83.3 cm³/mol. The maximum atomic E-state index is 11.9. The van der Waals surface area contributed by atoms with Crippen molar-refractivity contribution in [1.29, 1.82) is 5.41 Å². The quantitative estimate of drug-likeness (QED) is 0.570. The van der Waals surface area contributed by atoms with Crippen molar-refractivity contribution in [3.05, 3.63) is 29.3 Å². The van der Waals surface area contributed by atoms with Crippen LogP contribution in [0.25, 0.3) is 0 Å². The number of unbranched alkanes of at least 4 members (excludes halogenated alkanes) is 1. The summed E-state index contributed by atoms with van der Waals surface area (Å²) in [5.74, 6) is -0.348. The van der Waals surface area contributed by atoms with Gasteiger partial charge >= 0.3 is 6.03 Å². The molecule has 110 valence electrons. The number of aryl methyl sites for hydroxylation is 2. The molecule has 0 saturated carbocycles. The number of carbonyl (C=O) groups excluding carboxylic acids is 1. The number of nitrogens with two attached hydrogens (primary N) is 1. The zero-order chi connectivity index (χ0) is 15.1. The van der Waals surface area contributed by atoms with Crippen LogP contribution in [0, 0.1) is 5.41 Å². The molecule has 0 aromatic heterocycles. The van der Waals surface area contributed by atoms with Crippen LogP contribution < -0.4 is 16.0 Å². The third-order valence-corrected chi connectivity index (χ3v) is 3.25. The van der Waals surface area contributed by atoms with Crippen LogP contribution >= 0.6 is 0 Å². The number of rotatable bonds is 5. The summed E-state index contributed by atoms with van der Waals surface area (Å²) in [7, 11) is 1.68. The first-order chi connectivity index (χ1) is 9.49. The van der Waals surface area contributed by atoms with Gasteiger partial charge in [0, 0.05) is 12.7 Å². The van der Waals surface area contributed by atoms with Gasteiger partial charge in [-0.3, -0.25) is 15.6 Å². The lowest BCUT2D eigenvalue weighted by molar-refractivity contribution is 0.251. The molecule has 0 atom stereocenters. The van der Waals surface area contributed by atoms with Gasteiger partial charge in [0.25, 0.3) is 0 Å². The molecule has 2 amide bonds. The number of nitrogens with zero attached hydrogens (tertiary/aromatic N) is 1. The molecule has 0 radical (unpaired) electrons. The first-order valence-corrected chi connectivity index (χ1v) is 7.00. The highest BCUT2D eigenvalue weighted by Gasteiger charge is 2.14. The third kappa shape index (κ3) is 4.26. The number of hydrogen-bond acceptors (Lipinski definition) is 2. The Morgan fingerprint density at radius 3 is 2.65 bits per heavy atom. The Kier molecular flexibility index (Phi) is 6.03. The van der Waals surface area contributed by atoms with E-state index in [1.54, 1.807) is 7.05 Å².